The average molecular weight is 262 g/mol. The number of aromatic nitrogens is 2. The van der Waals surface area contributed by atoms with E-state index in [4.69, 9.17) is 10.6 Å². The second-order valence-electron chi connectivity index (χ2n) is 4.31. The van der Waals surface area contributed by atoms with Crippen LogP contribution in [0.2, 0.25) is 0 Å². The van der Waals surface area contributed by atoms with Crippen LogP contribution in [0.4, 0.5) is 0 Å². The molecule has 0 spiro atoms. The molecule has 1 unspecified atom stereocenters. The van der Waals surface area contributed by atoms with Crippen molar-refractivity contribution in [1.29, 1.82) is 0 Å². The lowest BCUT2D eigenvalue weighted by atomic mass is 10.1. The minimum absolute atomic E-state index is 0.0695. The average Bonchev–Trinajstić information content (AvgIpc) is 3.05. The molecule has 1 aliphatic rings. The maximum absolute atomic E-state index is 5.71. The van der Waals surface area contributed by atoms with Crippen LogP contribution in [0.3, 0.4) is 0 Å². The summed E-state index contributed by atoms with van der Waals surface area (Å²) >= 11 is 1.34. The van der Waals surface area contributed by atoms with E-state index in [1.807, 2.05) is 24.3 Å². The van der Waals surface area contributed by atoms with Crippen LogP contribution >= 0.6 is 11.5 Å². The molecule has 0 bridgehead atoms. The standard InChI is InChI=1S/C12H14N4OS/c13-15-12(11-7-14-16-18-11)8-1-3-9(4-2-8)17-10-5-6-10/h1-4,7,10,12,15H,5-6,13H2. The zero-order valence-corrected chi connectivity index (χ0v) is 10.6. The summed E-state index contributed by atoms with van der Waals surface area (Å²) in [5, 5.41) is 3.83. The van der Waals surface area contributed by atoms with Crippen molar-refractivity contribution in [2.75, 3.05) is 0 Å². The molecule has 1 heterocycles. The van der Waals surface area contributed by atoms with Gasteiger partial charge in [-0.2, -0.15) is 0 Å². The van der Waals surface area contributed by atoms with Gasteiger partial charge in [-0.1, -0.05) is 16.6 Å². The largest absolute Gasteiger partial charge is 0.490 e. The molecule has 1 fully saturated rings. The highest BCUT2D eigenvalue weighted by molar-refractivity contribution is 7.05. The summed E-state index contributed by atoms with van der Waals surface area (Å²) in [5.41, 5.74) is 3.86. The van der Waals surface area contributed by atoms with Crippen molar-refractivity contribution in [2.45, 2.75) is 25.0 Å². The number of nitrogens with zero attached hydrogens (tertiary/aromatic N) is 2. The number of hydrogen-bond donors (Lipinski definition) is 2. The van der Waals surface area contributed by atoms with E-state index >= 15 is 0 Å². The molecule has 1 atom stereocenters. The predicted molar refractivity (Wildman–Crippen MR) is 69.2 cm³/mol. The van der Waals surface area contributed by atoms with Gasteiger partial charge in [0.1, 0.15) is 5.75 Å². The zero-order valence-electron chi connectivity index (χ0n) is 9.74. The van der Waals surface area contributed by atoms with E-state index in [0.717, 1.165) is 16.2 Å². The lowest BCUT2D eigenvalue weighted by Crippen LogP contribution is -2.28. The van der Waals surface area contributed by atoms with Crippen molar-refractivity contribution in [3.8, 4) is 5.75 Å². The molecule has 1 aromatic carbocycles. The Bertz CT molecular complexity index is 495. The van der Waals surface area contributed by atoms with Crippen LogP contribution in [0.1, 0.15) is 29.3 Å². The normalized spacial score (nSPS) is 16.5. The molecule has 1 aliphatic carbocycles. The van der Waals surface area contributed by atoms with Crippen LogP contribution < -0.4 is 16.0 Å². The Morgan fingerprint density at radius 2 is 2.11 bits per heavy atom. The predicted octanol–water partition coefficient (Wildman–Crippen LogP) is 1.63. The van der Waals surface area contributed by atoms with Crippen LogP contribution in [0.5, 0.6) is 5.75 Å². The number of hydrogen-bond acceptors (Lipinski definition) is 6. The van der Waals surface area contributed by atoms with Crippen molar-refractivity contribution in [3.05, 3.63) is 40.9 Å². The zero-order chi connectivity index (χ0) is 12.4. The quantitative estimate of drug-likeness (QED) is 0.633. The molecule has 0 saturated heterocycles. The molecule has 18 heavy (non-hydrogen) atoms. The third-order valence-electron chi connectivity index (χ3n) is 2.87. The monoisotopic (exact) mass is 262 g/mol. The van der Waals surface area contributed by atoms with E-state index in [2.05, 4.69) is 15.0 Å². The van der Waals surface area contributed by atoms with Gasteiger partial charge in [0.15, 0.2) is 0 Å². The number of ether oxygens (including phenoxy) is 1. The van der Waals surface area contributed by atoms with Crippen LogP contribution in [0, 0.1) is 0 Å². The first kappa shape index (κ1) is 11.6. The van der Waals surface area contributed by atoms with Gasteiger partial charge >= 0.3 is 0 Å². The Balaban J connectivity index is 1.77. The summed E-state index contributed by atoms with van der Waals surface area (Å²) in [6.07, 6.45) is 4.48. The van der Waals surface area contributed by atoms with E-state index in [0.29, 0.717) is 6.10 Å². The molecule has 3 N–H and O–H groups in total. The first-order chi connectivity index (χ1) is 8.86. The Morgan fingerprint density at radius 3 is 2.67 bits per heavy atom. The van der Waals surface area contributed by atoms with Gasteiger partial charge in [0.25, 0.3) is 0 Å². The lowest BCUT2D eigenvalue weighted by Gasteiger charge is -2.14. The highest BCUT2D eigenvalue weighted by Crippen LogP contribution is 2.29. The molecule has 2 aromatic rings. The Kier molecular flexibility index (Phi) is 3.22. The molecule has 1 saturated carbocycles. The Hall–Kier alpha value is -1.50. The molecule has 0 radical (unpaired) electrons. The van der Waals surface area contributed by atoms with Crippen molar-refractivity contribution in [1.82, 2.24) is 15.0 Å². The molecule has 1 aromatic heterocycles. The fourth-order valence-corrected chi connectivity index (χ4v) is 2.35. The molecule has 3 rings (SSSR count). The fourth-order valence-electron chi connectivity index (χ4n) is 1.76. The maximum atomic E-state index is 5.71. The van der Waals surface area contributed by atoms with Crippen molar-refractivity contribution < 1.29 is 4.74 Å². The van der Waals surface area contributed by atoms with Crippen LogP contribution in [-0.4, -0.2) is 15.7 Å². The van der Waals surface area contributed by atoms with Gasteiger partial charge in [-0.25, -0.2) is 5.43 Å². The summed E-state index contributed by atoms with van der Waals surface area (Å²) in [4.78, 5) is 0.994. The third kappa shape index (κ3) is 2.50. The van der Waals surface area contributed by atoms with Gasteiger partial charge in [0.2, 0.25) is 0 Å². The van der Waals surface area contributed by atoms with Crippen LogP contribution in [-0.2, 0) is 0 Å². The summed E-state index contributed by atoms with van der Waals surface area (Å²) in [5.74, 6) is 6.51. The molecule has 6 heteroatoms. The first-order valence-electron chi connectivity index (χ1n) is 5.87. The number of nitrogens with one attached hydrogen (secondary N) is 1. The Morgan fingerprint density at radius 1 is 1.33 bits per heavy atom. The number of hydrazine groups is 1. The number of benzene rings is 1. The molecule has 5 nitrogen and oxygen atoms in total. The van der Waals surface area contributed by atoms with Gasteiger partial charge in [0, 0.05) is 0 Å². The van der Waals surface area contributed by atoms with Gasteiger partial charge in [-0.15, -0.1) is 5.10 Å². The van der Waals surface area contributed by atoms with Gasteiger partial charge < -0.3 is 4.74 Å². The minimum Gasteiger partial charge on any atom is -0.490 e. The smallest absolute Gasteiger partial charge is 0.119 e. The fraction of sp³-hybridized carbons (Fsp3) is 0.333. The summed E-state index contributed by atoms with van der Waals surface area (Å²) in [7, 11) is 0. The van der Waals surface area contributed by atoms with E-state index in [1.54, 1.807) is 6.20 Å². The minimum atomic E-state index is -0.0695. The van der Waals surface area contributed by atoms with E-state index in [9.17, 15) is 0 Å². The summed E-state index contributed by atoms with van der Waals surface area (Å²) in [6.45, 7) is 0. The molecule has 94 valence electrons. The molecular formula is C12H14N4OS. The number of nitrogens with two attached hydrogens (primary N) is 1. The van der Waals surface area contributed by atoms with E-state index < -0.39 is 0 Å². The summed E-state index contributed by atoms with van der Waals surface area (Å²) < 4.78 is 9.56. The SMILES string of the molecule is NNC(c1ccc(OC2CC2)cc1)c1cnns1. The van der Waals surface area contributed by atoms with E-state index in [1.165, 1.54) is 24.4 Å². The highest BCUT2D eigenvalue weighted by atomic mass is 32.1. The lowest BCUT2D eigenvalue weighted by molar-refractivity contribution is 0.303. The number of rotatable bonds is 5. The maximum Gasteiger partial charge on any atom is 0.119 e. The van der Waals surface area contributed by atoms with Crippen molar-refractivity contribution >= 4 is 11.5 Å². The van der Waals surface area contributed by atoms with Gasteiger partial charge in [-0.05, 0) is 42.1 Å². The van der Waals surface area contributed by atoms with Crippen molar-refractivity contribution in [3.63, 3.8) is 0 Å². The van der Waals surface area contributed by atoms with Crippen molar-refractivity contribution in [2.24, 2.45) is 5.84 Å². The van der Waals surface area contributed by atoms with Crippen LogP contribution in [0.25, 0.3) is 0 Å². The van der Waals surface area contributed by atoms with Gasteiger partial charge in [0.05, 0.1) is 23.2 Å². The Labute approximate surface area is 109 Å². The second kappa shape index (κ2) is 5.01. The third-order valence-corrected chi connectivity index (χ3v) is 3.60. The molecular weight excluding hydrogens is 248 g/mol. The molecule has 0 aliphatic heterocycles. The topological polar surface area (TPSA) is 73.1 Å². The van der Waals surface area contributed by atoms with E-state index in [-0.39, 0.29) is 6.04 Å². The van der Waals surface area contributed by atoms with Gasteiger partial charge in [-0.3, -0.25) is 5.84 Å². The highest BCUT2D eigenvalue weighted by Gasteiger charge is 2.23. The summed E-state index contributed by atoms with van der Waals surface area (Å²) in [6, 6.07) is 7.92. The second-order valence-corrected chi connectivity index (χ2v) is 5.12. The first-order valence-corrected chi connectivity index (χ1v) is 6.64. The van der Waals surface area contributed by atoms with Crippen LogP contribution in [0.15, 0.2) is 30.5 Å². The molecule has 0 amide bonds.